The van der Waals surface area contributed by atoms with Crippen molar-refractivity contribution in [2.45, 2.75) is 19.1 Å². The molecular formula is C16H12F3N5O2S. The Balaban J connectivity index is 1.77. The van der Waals surface area contributed by atoms with Crippen molar-refractivity contribution in [3.8, 4) is 27.8 Å². The van der Waals surface area contributed by atoms with Gasteiger partial charge in [0.2, 0.25) is 5.91 Å². The van der Waals surface area contributed by atoms with Gasteiger partial charge in [-0.2, -0.15) is 18.3 Å². The molecule has 2 aromatic heterocycles. The molecule has 0 spiro atoms. The number of amides is 1. The quantitative estimate of drug-likeness (QED) is 0.736. The van der Waals surface area contributed by atoms with Gasteiger partial charge in [-0.25, -0.2) is 14.6 Å². The van der Waals surface area contributed by atoms with Crippen LogP contribution in [0.25, 0.3) is 22.1 Å². The number of hydrogen-bond donors (Lipinski definition) is 1. The van der Waals surface area contributed by atoms with Crippen LogP contribution in [-0.2, 0) is 13.0 Å². The molecule has 27 heavy (non-hydrogen) atoms. The summed E-state index contributed by atoms with van der Waals surface area (Å²) in [7, 11) is 0. The van der Waals surface area contributed by atoms with Crippen molar-refractivity contribution in [1.29, 1.82) is 0 Å². The predicted octanol–water partition coefficient (Wildman–Crippen LogP) is 2.66. The number of nitrogens with zero attached hydrogens (tertiary/aromatic N) is 4. The molecule has 1 aliphatic heterocycles. The maximum Gasteiger partial charge on any atom is 0.408 e. The fraction of sp³-hybridized carbons (Fsp3) is 0.250. The fourth-order valence-electron chi connectivity index (χ4n) is 2.79. The molecule has 0 aliphatic carbocycles. The third-order valence-corrected chi connectivity index (χ3v) is 5.05. The van der Waals surface area contributed by atoms with Gasteiger partial charge < -0.3 is 10.5 Å². The third kappa shape index (κ3) is 3.37. The molecule has 0 unspecified atom stereocenters. The van der Waals surface area contributed by atoms with Crippen molar-refractivity contribution < 1.29 is 22.7 Å². The standard InChI is InChI=1S/C16H12F3N5O2S/c17-16(18,19)6-24-14(21-7-22-24)15-23-12-9-2-1-8(13(20)25)5-10(9)26-4-3-11(12)27-15/h1-2,5,7H,3-4,6H2,(H2,20,25). The van der Waals surface area contributed by atoms with Crippen molar-refractivity contribution in [3.05, 3.63) is 35.0 Å². The van der Waals surface area contributed by atoms with Crippen LogP contribution in [-0.4, -0.2) is 38.4 Å². The van der Waals surface area contributed by atoms with Crippen molar-refractivity contribution in [2.24, 2.45) is 5.73 Å². The molecule has 11 heteroatoms. The van der Waals surface area contributed by atoms with Gasteiger partial charge in [0.15, 0.2) is 10.8 Å². The van der Waals surface area contributed by atoms with Crippen LogP contribution in [0.2, 0.25) is 0 Å². The Morgan fingerprint density at radius 1 is 1.37 bits per heavy atom. The van der Waals surface area contributed by atoms with Crippen LogP contribution in [0.15, 0.2) is 24.5 Å². The van der Waals surface area contributed by atoms with Crippen LogP contribution in [0.3, 0.4) is 0 Å². The van der Waals surface area contributed by atoms with Gasteiger partial charge in [0.25, 0.3) is 0 Å². The zero-order valence-electron chi connectivity index (χ0n) is 13.7. The first-order chi connectivity index (χ1) is 12.8. The number of aromatic nitrogens is 4. The SMILES string of the molecule is NC(=O)c1ccc2c(c1)OCCc1sc(-c3ncnn3CC(F)(F)F)nc1-2. The average Bonchev–Trinajstić information content (AvgIpc) is 3.16. The number of thiazole rings is 1. The molecule has 140 valence electrons. The smallest absolute Gasteiger partial charge is 0.408 e. The van der Waals surface area contributed by atoms with E-state index in [-0.39, 0.29) is 5.82 Å². The molecule has 3 aromatic rings. The van der Waals surface area contributed by atoms with Gasteiger partial charge in [0, 0.05) is 22.4 Å². The van der Waals surface area contributed by atoms with E-state index >= 15 is 0 Å². The zero-order valence-corrected chi connectivity index (χ0v) is 14.5. The van der Waals surface area contributed by atoms with E-state index in [1.807, 2.05) is 0 Å². The molecule has 0 atom stereocenters. The molecule has 1 aliphatic rings. The largest absolute Gasteiger partial charge is 0.492 e. The predicted molar refractivity (Wildman–Crippen MR) is 90.3 cm³/mol. The number of halogens is 3. The highest BCUT2D eigenvalue weighted by molar-refractivity contribution is 7.15. The van der Waals surface area contributed by atoms with Crippen molar-refractivity contribution in [1.82, 2.24) is 19.7 Å². The van der Waals surface area contributed by atoms with E-state index in [2.05, 4.69) is 15.1 Å². The summed E-state index contributed by atoms with van der Waals surface area (Å²) >= 11 is 1.25. The van der Waals surface area contributed by atoms with E-state index in [1.165, 1.54) is 17.4 Å². The second kappa shape index (κ2) is 6.34. The van der Waals surface area contributed by atoms with E-state index in [0.717, 1.165) is 15.9 Å². The van der Waals surface area contributed by atoms with Crippen molar-refractivity contribution >= 4 is 17.2 Å². The van der Waals surface area contributed by atoms with Crippen LogP contribution >= 0.6 is 11.3 Å². The monoisotopic (exact) mass is 395 g/mol. The molecule has 0 saturated heterocycles. The average molecular weight is 395 g/mol. The Hall–Kier alpha value is -2.95. The molecular weight excluding hydrogens is 383 g/mol. The van der Waals surface area contributed by atoms with Gasteiger partial charge in [-0.3, -0.25) is 4.79 Å². The minimum atomic E-state index is -4.41. The normalized spacial score (nSPS) is 13.4. The summed E-state index contributed by atoms with van der Waals surface area (Å²) in [5.74, 6) is -0.0645. The summed E-state index contributed by atoms with van der Waals surface area (Å²) in [6, 6.07) is 4.77. The second-order valence-electron chi connectivity index (χ2n) is 5.82. The number of ether oxygens (including phenoxy) is 1. The molecule has 2 N–H and O–H groups in total. The zero-order chi connectivity index (χ0) is 19.2. The first-order valence-electron chi connectivity index (χ1n) is 7.83. The van der Waals surface area contributed by atoms with Crippen LogP contribution in [0.5, 0.6) is 5.75 Å². The maximum absolute atomic E-state index is 12.7. The van der Waals surface area contributed by atoms with Crippen LogP contribution in [0.4, 0.5) is 13.2 Å². The lowest BCUT2D eigenvalue weighted by Gasteiger charge is -2.08. The van der Waals surface area contributed by atoms with Gasteiger partial charge in [-0.05, 0) is 18.2 Å². The number of rotatable bonds is 3. The first-order valence-corrected chi connectivity index (χ1v) is 8.65. The Kier molecular flexibility index (Phi) is 4.10. The summed E-state index contributed by atoms with van der Waals surface area (Å²) in [4.78, 5) is 20.7. The number of alkyl halides is 3. The lowest BCUT2D eigenvalue weighted by Crippen LogP contribution is -2.19. The van der Waals surface area contributed by atoms with Gasteiger partial charge in [0.05, 0.1) is 12.3 Å². The minimum absolute atomic E-state index is 0.0571. The fourth-order valence-corrected chi connectivity index (χ4v) is 3.84. The van der Waals surface area contributed by atoms with Gasteiger partial charge in [0.1, 0.15) is 18.6 Å². The van der Waals surface area contributed by atoms with Crippen LogP contribution < -0.4 is 10.5 Å². The van der Waals surface area contributed by atoms with Crippen molar-refractivity contribution in [3.63, 3.8) is 0 Å². The summed E-state index contributed by atoms with van der Waals surface area (Å²) in [5, 5.41) is 4.00. The Labute approximate surface area is 154 Å². The van der Waals surface area contributed by atoms with Crippen LogP contribution in [0, 0.1) is 0 Å². The van der Waals surface area contributed by atoms with Gasteiger partial charge >= 0.3 is 6.18 Å². The van der Waals surface area contributed by atoms with E-state index in [1.54, 1.807) is 12.1 Å². The highest BCUT2D eigenvalue weighted by Gasteiger charge is 2.31. The van der Waals surface area contributed by atoms with Gasteiger partial charge in [-0.1, -0.05) is 0 Å². The number of benzene rings is 1. The van der Waals surface area contributed by atoms with E-state index in [0.29, 0.717) is 40.6 Å². The van der Waals surface area contributed by atoms with Crippen LogP contribution in [0.1, 0.15) is 15.2 Å². The third-order valence-electron chi connectivity index (χ3n) is 3.94. The minimum Gasteiger partial charge on any atom is -0.492 e. The molecule has 4 rings (SSSR count). The summed E-state index contributed by atoms with van der Waals surface area (Å²) in [5.41, 5.74) is 6.85. The molecule has 1 amide bonds. The number of carbonyl (C=O) groups excluding carboxylic acids is 1. The Bertz CT molecular complexity index is 1030. The molecule has 1 aromatic carbocycles. The number of nitrogens with two attached hydrogens (primary N) is 1. The Morgan fingerprint density at radius 2 is 2.19 bits per heavy atom. The van der Waals surface area contributed by atoms with E-state index in [9.17, 15) is 18.0 Å². The highest BCUT2D eigenvalue weighted by Crippen LogP contribution is 2.40. The number of primary amides is 1. The summed E-state index contributed by atoms with van der Waals surface area (Å²) in [6.07, 6.45) is -2.81. The Morgan fingerprint density at radius 3 is 2.93 bits per heavy atom. The summed E-state index contributed by atoms with van der Waals surface area (Å²) in [6.45, 7) is -0.895. The first kappa shape index (κ1) is 17.5. The van der Waals surface area contributed by atoms with E-state index < -0.39 is 18.6 Å². The highest BCUT2D eigenvalue weighted by atomic mass is 32.1. The summed E-state index contributed by atoms with van der Waals surface area (Å²) < 4.78 is 44.7. The lowest BCUT2D eigenvalue weighted by atomic mass is 10.1. The molecule has 0 saturated carbocycles. The molecule has 7 nitrogen and oxygen atoms in total. The molecule has 0 fully saturated rings. The number of carbonyl (C=O) groups is 1. The van der Waals surface area contributed by atoms with E-state index in [4.69, 9.17) is 10.5 Å². The topological polar surface area (TPSA) is 95.9 Å². The van der Waals surface area contributed by atoms with Crippen molar-refractivity contribution in [2.75, 3.05) is 6.61 Å². The molecule has 3 heterocycles. The maximum atomic E-state index is 12.7. The number of fused-ring (bicyclic) bond motifs is 3. The second-order valence-corrected chi connectivity index (χ2v) is 6.90. The molecule has 0 bridgehead atoms. The molecule has 0 radical (unpaired) electrons. The lowest BCUT2D eigenvalue weighted by molar-refractivity contribution is -0.142. The number of hydrogen-bond acceptors (Lipinski definition) is 6. The van der Waals surface area contributed by atoms with Gasteiger partial charge in [-0.15, -0.1) is 11.3 Å².